The Kier molecular flexibility index (Phi) is 3.88. The second-order valence-electron chi connectivity index (χ2n) is 8.48. The summed E-state index contributed by atoms with van der Waals surface area (Å²) in [6.07, 6.45) is 0. The van der Waals surface area contributed by atoms with Gasteiger partial charge in [0.25, 0.3) is 0 Å². The summed E-state index contributed by atoms with van der Waals surface area (Å²) in [5, 5.41) is 3.65. The number of rotatable bonds is 2. The third kappa shape index (κ3) is 2.78. The molecular formula is C31H20N2. The van der Waals surface area contributed by atoms with Gasteiger partial charge in [-0.05, 0) is 51.9 Å². The van der Waals surface area contributed by atoms with Gasteiger partial charge in [0, 0.05) is 10.8 Å². The zero-order chi connectivity index (χ0) is 21.8. The SMILES string of the molecule is c1ccc(-c2ccc(-c3ccc4c5ccccc5n5c6ccccc6nc5c4c3)cc2)cc1. The van der Waals surface area contributed by atoms with Gasteiger partial charge >= 0.3 is 0 Å². The van der Waals surface area contributed by atoms with E-state index in [0.29, 0.717) is 0 Å². The number of aromatic nitrogens is 2. The van der Waals surface area contributed by atoms with Gasteiger partial charge in [0.05, 0.1) is 16.6 Å². The fourth-order valence-electron chi connectivity index (χ4n) is 4.98. The van der Waals surface area contributed by atoms with Crippen LogP contribution in [0.25, 0.3) is 60.6 Å². The van der Waals surface area contributed by atoms with E-state index in [-0.39, 0.29) is 0 Å². The Balaban J connectivity index is 1.48. The topological polar surface area (TPSA) is 17.3 Å². The molecule has 0 spiro atoms. The molecule has 0 aliphatic carbocycles. The predicted octanol–water partition coefficient (Wildman–Crippen LogP) is 8.13. The molecule has 0 saturated carbocycles. The van der Waals surface area contributed by atoms with Crippen molar-refractivity contribution in [1.29, 1.82) is 0 Å². The van der Waals surface area contributed by atoms with Crippen LogP contribution >= 0.6 is 0 Å². The van der Waals surface area contributed by atoms with Gasteiger partial charge in [0.2, 0.25) is 0 Å². The summed E-state index contributed by atoms with van der Waals surface area (Å²) in [5.74, 6) is 0. The summed E-state index contributed by atoms with van der Waals surface area (Å²) in [6.45, 7) is 0. The lowest BCUT2D eigenvalue weighted by atomic mass is 9.97. The van der Waals surface area contributed by atoms with Crippen molar-refractivity contribution >= 4 is 38.4 Å². The summed E-state index contributed by atoms with van der Waals surface area (Å²) >= 11 is 0. The van der Waals surface area contributed by atoms with Crippen molar-refractivity contribution in [1.82, 2.24) is 9.38 Å². The number of benzene rings is 5. The monoisotopic (exact) mass is 420 g/mol. The van der Waals surface area contributed by atoms with Gasteiger partial charge in [-0.2, -0.15) is 0 Å². The summed E-state index contributed by atoms with van der Waals surface area (Å²) < 4.78 is 2.30. The highest BCUT2D eigenvalue weighted by Gasteiger charge is 2.14. The van der Waals surface area contributed by atoms with E-state index in [4.69, 9.17) is 4.98 Å². The zero-order valence-electron chi connectivity index (χ0n) is 17.9. The molecule has 2 aromatic heterocycles. The van der Waals surface area contributed by atoms with Crippen molar-refractivity contribution in [3.05, 3.63) is 121 Å². The first-order chi connectivity index (χ1) is 16.4. The molecule has 0 aliphatic rings. The summed E-state index contributed by atoms with van der Waals surface area (Å²) in [7, 11) is 0. The number of hydrogen-bond donors (Lipinski definition) is 0. The average Bonchev–Trinajstić information content (AvgIpc) is 3.29. The Morgan fingerprint density at radius 1 is 0.424 bits per heavy atom. The van der Waals surface area contributed by atoms with Crippen LogP contribution in [-0.2, 0) is 0 Å². The standard InChI is InChI=1S/C31H20N2/c1-2-8-21(9-3-1)22-14-16-23(17-15-22)24-18-19-25-26-10-4-6-12-29(26)33-30-13-7-5-11-28(30)32-31(33)27(25)20-24/h1-20H. The Morgan fingerprint density at radius 2 is 1.03 bits per heavy atom. The van der Waals surface area contributed by atoms with Crippen LogP contribution in [0.2, 0.25) is 0 Å². The molecule has 0 N–H and O–H groups in total. The maximum absolute atomic E-state index is 5.04. The number of imidazole rings is 1. The molecule has 0 bridgehead atoms. The normalized spacial score (nSPS) is 11.6. The van der Waals surface area contributed by atoms with Gasteiger partial charge in [-0.25, -0.2) is 4.98 Å². The Bertz CT molecular complexity index is 1790. The van der Waals surface area contributed by atoms with Gasteiger partial charge < -0.3 is 0 Å². The maximum atomic E-state index is 5.04. The van der Waals surface area contributed by atoms with Crippen molar-refractivity contribution in [3.8, 4) is 22.3 Å². The minimum absolute atomic E-state index is 1.01. The van der Waals surface area contributed by atoms with E-state index in [2.05, 4.69) is 126 Å². The Labute approximate surface area is 191 Å². The van der Waals surface area contributed by atoms with E-state index < -0.39 is 0 Å². The predicted molar refractivity (Wildman–Crippen MR) is 139 cm³/mol. The van der Waals surface area contributed by atoms with Crippen molar-refractivity contribution in [2.45, 2.75) is 0 Å². The van der Waals surface area contributed by atoms with Crippen LogP contribution in [0.4, 0.5) is 0 Å². The first-order valence-corrected chi connectivity index (χ1v) is 11.2. The molecule has 0 unspecified atom stereocenters. The third-order valence-electron chi connectivity index (χ3n) is 6.58. The summed E-state index contributed by atoms with van der Waals surface area (Å²) in [5.41, 5.74) is 9.23. The van der Waals surface area contributed by atoms with Crippen LogP contribution in [0.1, 0.15) is 0 Å². The summed E-state index contributed by atoms with van der Waals surface area (Å²) in [4.78, 5) is 5.04. The van der Waals surface area contributed by atoms with E-state index in [1.807, 2.05) is 0 Å². The van der Waals surface area contributed by atoms with Gasteiger partial charge in [0.1, 0.15) is 5.65 Å². The fraction of sp³-hybridized carbons (Fsp3) is 0. The van der Waals surface area contributed by atoms with Crippen LogP contribution < -0.4 is 0 Å². The molecule has 0 aliphatic heterocycles. The van der Waals surface area contributed by atoms with Gasteiger partial charge in [-0.3, -0.25) is 4.40 Å². The van der Waals surface area contributed by atoms with E-state index in [1.54, 1.807) is 0 Å². The zero-order valence-corrected chi connectivity index (χ0v) is 17.9. The molecule has 0 amide bonds. The van der Waals surface area contributed by atoms with Crippen molar-refractivity contribution in [2.24, 2.45) is 0 Å². The minimum atomic E-state index is 1.01. The molecule has 0 atom stereocenters. The highest BCUT2D eigenvalue weighted by Crippen LogP contribution is 2.35. The number of nitrogens with zero attached hydrogens (tertiary/aromatic N) is 2. The van der Waals surface area contributed by atoms with E-state index in [0.717, 1.165) is 16.7 Å². The van der Waals surface area contributed by atoms with Crippen molar-refractivity contribution in [2.75, 3.05) is 0 Å². The molecule has 154 valence electrons. The quantitative estimate of drug-likeness (QED) is 0.258. The van der Waals surface area contributed by atoms with Crippen LogP contribution in [0.3, 0.4) is 0 Å². The first-order valence-electron chi connectivity index (χ1n) is 11.2. The Hall–Kier alpha value is -4.43. The molecule has 2 heteroatoms. The van der Waals surface area contributed by atoms with Gasteiger partial charge in [-0.15, -0.1) is 0 Å². The third-order valence-corrected chi connectivity index (χ3v) is 6.58. The lowest BCUT2D eigenvalue weighted by Gasteiger charge is -2.11. The molecule has 2 heterocycles. The second-order valence-corrected chi connectivity index (χ2v) is 8.48. The average molecular weight is 421 g/mol. The molecule has 7 rings (SSSR count). The van der Waals surface area contributed by atoms with Crippen molar-refractivity contribution < 1.29 is 0 Å². The maximum Gasteiger partial charge on any atom is 0.146 e. The van der Waals surface area contributed by atoms with Crippen LogP contribution in [0, 0.1) is 0 Å². The molecule has 5 aromatic carbocycles. The molecule has 0 saturated heterocycles. The van der Waals surface area contributed by atoms with E-state index in [1.165, 1.54) is 43.9 Å². The lowest BCUT2D eigenvalue weighted by molar-refractivity contribution is 1.31. The highest BCUT2D eigenvalue weighted by atomic mass is 15.0. The number of fused-ring (bicyclic) bond motifs is 8. The molecule has 0 radical (unpaired) electrons. The van der Waals surface area contributed by atoms with Crippen LogP contribution in [0.15, 0.2) is 121 Å². The number of pyridine rings is 1. The number of para-hydroxylation sites is 3. The van der Waals surface area contributed by atoms with Crippen LogP contribution in [-0.4, -0.2) is 9.38 Å². The van der Waals surface area contributed by atoms with E-state index in [9.17, 15) is 0 Å². The summed E-state index contributed by atoms with van der Waals surface area (Å²) in [6, 6.07) is 43.1. The molecular weight excluding hydrogens is 400 g/mol. The van der Waals surface area contributed by atoms with Gasteiger partial charge in [0.15, 0.2) is 0 Å². The number of hydrogen-bond acceptors (Lipinski definition) is 1. The van der Waals surface area contributed by atoms with E-state index >= 15 is 0 Å². The molecule has 0 fully saturated rings. The lowest BCUT2D eigenvalue weighted by Crippen LogP contribution is -1.92. The fourth-order valence-corrected chi connectivity index (χ4v) is 4.98. The van der Waals surface area contributed by atoms with Crippen molar-refractivity contribution in [3.63, 3.8) is 0 Å². The minimum Gasteiger partial charge on any atom is -0.292 e. The second kappa shape index (κ2) is 7.04. The molecule has 33 heavy (non-hydrogen) atoms. The highest BCUT2D eigenvalue weighted by molar-refractivity contribution is 6.14. The smallest absolute Gasteiger partial charge is 0.146 e. The van der Waals surface area contributed by atoms with Gasteiger partial charge in [-0.1, -0.05) is 97.1 Å². The first kappa shape index (κ1) is 18.2. The molecule has 7 aromatic rings. The largest absolute Gasteiger partial charge is 0.292 e. The Morgan fingerprint density at radius 3 is 1.85 bits per heavy atom. The molecule has 2 nitrogen and oxygen atoms in total. The van der Waals surface area contributed by atoms with Crippen LogP contribution in [0.5, 0.6) is 0 Å².